The smallest absolute Gasteiger partial charge is 0.251 e. The van der Waals surface area contributed by atoms with E-state index in [4.69, 9.17) is 0 Å². The van der Waals surface area contributed by atoms with Crippen LogP contribution in [0.4, 0.5) is 5.69 Å². The van der Waals surface area contributed by atoms with Crippen LogP contribution in [-0.4, -0.2) is 34.5 Å². The zero-order valence-electron chi connectivity index (χ0n) is 16.2. The summed E-state index contributed by atoms with van der Waals surface area (Å²) < 4.78 is 2.19. The highest BCUT2D eigenvalue weighted by atomic mass is 16.2. The zero-order chi connectivity index (χ0) is 19.7. The SMILES string of the molecule is CC(=O)N1CCc2cc(C(=O)NCCCn3c(C)nc4ccccc43)ccc21. The van der Waals surface area contributed by atoms with Crippen LogP contribution in [0.3, 0.4) is 0 Å². The number of aryl methyl sites for hydroxylation is 2. The molecule has 6 heteroatoms. The molecule has 6 nitrogen and oxygen atoms in total. The number of amides is 2. The second-order valence-electron chi connectivity index (χ2n) is 7.17. The van der Waals surface area contributed by atoms with E-state index >= 15 is 0 Å². The molecule has 144 valence electrons. The Morgan fingerprint density at radius 1 is 1.18 bits per heavy atom. The van der Waals surface area contributed by atoms with Crippen molar-refractivity contribution in [3.05, 3.63) is 59.4 Å². The van der Waals surface area contributed by atoms with Crippen molar-refractivity contribution in [1.82, 2.24) is 14.9 Å². The Bertz CT molecular complexity index is 1050. The second kappa shape index (κ2) is 7.46. The summed E-state index contributed by atoms with van der Waals surface area (Å²) in [5, 5.41) is 3.00. The molecule has 2 amide bonds. The molecule has 0 atom stereocenters. The number of aromatic nitrogens is 2. The number of hydrogen-bond acceptors (Lipinski definition) is 3. The maximum atomic E-state index is 12.5. The average molecular weight is 376 g/mol. The Labute approximate surface area is 164 Å². The van der Waals surface area contributed by atoms with Crippen molar-refractivity contribution in [1.29, 1.82) is 0 Å². The van der Waals surface area contributed by atoms with Crippen molar-refractivity contribution >= 4 is 28.5 Å². The number of nitrogens with zero attached hydrogens (tertiary/aromatic N) is 3. The van der Waals surface area contributed by atoms with Crippen molar-refractivity contribution in [3.63, 3.8) is 0 Å². The lowest BCUT2D eigenvalue weighted by atomic mass is 10.1. The van der Waals surface area contributed by atoms with Crippen molar-refractivity contribution in [2.24, 2.45) is 0 Å². The Morgan fingerprint density at radius 2 is 2.00 bits per heavy atom. The maximum Gasteiger partial charge on any atom is 0.251 e. The number of nitrogens with one attached hydrogen (secondary N) is 1. The molecule has 3 aromatic rings. The molecule has 0 saturated heterocycles. The molecule has 1 aliphatic rings. The third-order valence-corrected chi connectivity index (χ3v) is 5.31. The van der Waals surface area contributed by atoms with E-state index in [0.29, 0.717) is 18.7 Å². The monoisotopic (exact) mass is 376 g/mol. The molecule has 1 N–H and O–H groups in total. The number of imidazole rings is 1. The van der Waals surface area contributed by atoms with E-state index in [9.17, 15) is 9.59 Å². The fraction of sp³-hybridized carbons (Fsp3) is 0.318. The highest BCUT2D eigenvalue weighted by Crippen LogP contribution is 2.28. The lowest BCUT2D eigenvalue weighted by Gasteiger charge is -2.14. The summed E-state index contributed by atoms with van der Waals surface area (Å²) in [5.41, 5.74) is 4.75. The number of benzene rings is 2. The van der Waals surface area contributed by atoms with Gasteiger partial charge in [-0.15, -0.1) is 0 Å². The van der Waals surface area contributed by atoms with Gasteiger partial charge < -0.3 is 14.8 Å². The van der Waals surface area contributed by atoms with Crippen LogP contribution in [0.1, 0.15) is 35.1 Å². The van der Waals surface area contributed by atoms with Gasteiger partial charge in [0.05, 0.1) is 11.0 Å². The summed E-state index contributed by atoms with van der Waals surface area (Å²) in [4.78, 5) is 30.5. The maximum absolute atomic E-state index is 12.5. The quantitative estimate of drug-likeness (QED) is 0.696. The van der Waals surface area contributed by atoms with Crippen LogP contribution in [0.2, 0.25) is 0 Å². The van der Waals surface area contributed by atoms with Crippen LogP contribution in [0.25, 0.3) is 11.0 Å². The van der Waals surface area contributed by atoms with E-state index in [2.05, 4.69) is 20.9 Å². The van der Waals surface area contributed by atoms with Crippen molar-refractivity contribution in [3.8, 4) is 0 Å². The highest BCUT2D eigenvalue weighted by molar-refractivity contribution is 5.97. The number of carbonyl (C=O) groups is 2. The molecule has 0 fully saturated rings. The van der Waals surface area contributed by atoms with E-state index in [1.807, 2.05) is 37.3 Å². The van der Waals surface area contributed by atoms with E-state index < -0.39 is 0 Å². The number of para-hydroxylation sites is 2. The molecule has 0 saturated carbocycles. The molecule has 2 aromatic carbocycles. The molecular formula is C22H24N4O2. The number of fused-ring (bicyclic) bond motifs is 2. The Balaban J connectivity index is 1.35. The van der Waals surface area contributed by atoms with E-state index in [1.165, 1.54) is 0 Å². The molecule has 28 heavy (non-hydrogen) atoms. The first-order chi connectivity index (χ1) is 13.5. The Hall–Kier alpha value is -3.15. The third kappa shape index (κ3) is 3.38. The van der Waals surface area contributed by atoms with Crippen LogP contribution >= 0.6 is 0 Å². The molecule has 4 rings (SSSR count). The normalized spacial score (nSPS) is 13.0. The predicted molar refractivity (Wildman–Crippen MR) is 110 cm³/mol. The summed E-state index contributed by atoms with van der Waals surface area (Å²) >= 11 is 0. The van der Waals surface area contributed by atoms with Gasteiger partial charge in [0.2, 0.25) is 5.91 Å². The molecule has 0 radical (unpaired) electrons. The first kappa shape index (κ1) is 18.2. The van der Waals surface area contributed by atoms with Gasteiger partial charge in [-0.3, -0.25) is 9.59 Å². The molecule has 1 aliphatic heterocycles. The number of carbonyl (C=O) groups excluding carboxylic acids is 2. The Morgan fingerprint density at radius 3 is 2.82 bits per heavy atom. The van der Waals surface area contributed by atoms with Crippen molar-refractivity contribution in [2.45, 2.75) is 33.2 Å². The highest BCUT2D eigenvalue weighted by Gasteiger charge is 2.23. The van der Waals surface area contributed by atoms with Crippen LogP contribution in [0.15, 0.2) is 42.5 Å². The fourth-order valence-electron chi connectivity index (χ4n) is 3.89. The number of rotatable bonds is 5. The summed E-state index contributed by atoms with van der Waals surface area (Å²) in [6, 6.07) is 13.7. The van der Waals surface area contributed by atoms with Gasteiger partial charge in [0.1, 0.15) is 5.82 Å². The summed E-state index contributed by atoms with van der Waals surface area (Å²) in [6.45, 7) is 5.67. The van der Waals surface area contributed by atoms with Gasteiger partial charge in [0, 0.05) is 37.8 Å². The van der Waals surface area contributed by atoms with Gasteiger partial charge in [0.15, 0.2) is 0 Å². The second-order valence-corrected chi connectivity index (χ2v) is 7.17. The van der Waals surface area contributed by atoms with Crippen LogP contribution < -0.4 is 10.2 Å². The molecule has 0 spiro atoms. The fourth-order valence-corrected chi connectivity index (χ4v) is 3.89. The molecule has 0 aliphatic carbocycles. The average Bonchev–Trinajstić information content (AvgIpc) is 3.25. The van der Waals surface area contributed by atoms with Gasteiger partial charge in [0.25, 0.3) is 5.91 Å². The molecule has 1 aromatic heterocycles. The summed E-state index contributed by atoms with van der Waals surface area (Å²) in [5.74, 6) is 0.954. The van der Waals surface area contributed by atoms with Crippen molar-refractivity contribution in [2.75, 3.05) is 18.0 Å². The van der Waals surface area contributed by atoms with Gasteiger partial charge >= 0.3 is 0 Å². The first-order valence-electron chi connectivity index (χ1n) is 9.65. The number of anilines is 1. The molecule has 0 bridgehead atoms. The molecule has 2 heterocycles. The van der Waals surface area contributed by atoms with Crippen molar-refractivity contribution < 1.29 is 9.59 Å². The molecular weight excluding hydrogens is 352 g/mol. The van der Waals surface area contributed by atoms with Crippen LogP contribution in [-0.2, 0) is 17.8 Å². The lowest BCUT2D eigenvalue weighted by Crippen LogP contribution is -2.26. The minimum atomic E-state index is -0.0729. The van der Waals surface area contributed by atoms with E-state index in [1.54, 1.807) is 17.9 Å². The third-order valence-electron chi connectivity index (χ3n) is 5.31. The summed E-state index contributed by atoms with van der Waals surface area (Å²) in [7, 11) is 0. The van der Waals surface area contributed by atoms with Gasteiger partial charge in [-0.1, -0.05) is 12.1 Å². The lowest BCUT2D eigenvalue weighted by molar-refractivity contribution is -0.116. The standard InChI is InChI=1S/C22H24N4O2/c1-15-24-19-6-3-4-7-21(19)25(15)12-5-11-23-22(28)18-8-9-20-17(14-18)10-13-26(20)16(2)27/h3-4,6-9,14H,5,10-13H2,1-2H3,(H,23,28). The zero-order valence-corrected chi connectivity index (χ0v) is 16.2. The van der Waals surface area contributed by atoms with Gasteiger partial charge in [-0.2, -0.15) is 0 Å². The number of hydrogen-bond donors (Lipinski definition) is 1. The first-order valence-corrected chi connectivity index (χ1v) is 9.65. The Kier molecular flexibility index (Phi) is 4.86. The van der Waals surface area contributed by atoms with E-state index in [0.717, 1.165) is 47.5 Å². The minimum absolute atomic E-state index is 0.0401. The van der Waals surface area contributed by atoms with Crippen LogP contribution in [0, 0.1) is 6.92 Å². The topological polar surface area (TPSA) is 67.2 Å². The van der Waals surface area contributed by atoms with E-state index in [-0.39, 0.29) is 11.8 Å². The van der Waals surface area contributed by atoms with Gasteiger partial charge in [-0.05, 0) is 55.7 Å². The minimum Gasteiger partial charge on any atom is -0.352 e. The van der Waals surface area contributed by atoms with Gasteiger partial charge in [-0.25, -0.2) is 4.98 Å². The van der Waals surface area contributed by atoms with Crippen LogP contribution in [0.5, 0.6) is 0 Å². The predicted octanol–water partition coefficient (Wildman–Crippen LogP) is 3.07. The summed E-state index contributed by atoms with van der Waals surface area (Å²) in [6.07, 6.45) is 1.62. The largest absolute Gasteiger partial charge is 0.352 e. The molecule has 0 unspecified atom stereocenters.